The molecule has 2 N–H and O–H groups in total. The van der Waals surface area contributed by atoms with E-state index in [9.17, 15) is 9.59 Å². The third-order valence-electron chi connectivity index (χ3n) is 8.28. The van der Waals surface area contributed by atoms with Gasteiger partial charge >= 0.3 is 0 Å². The van der Waals surface area contributed by atoms with Crippen LogP contribution < -0.4 is 10.6 Å². The van der Waals surface area contributed by atoms with Crippen LogP contribution in [0.1, 0.15) is 86.0 Å². The zero-order valence-electron chi connectivity index (χ0n) is 21.5. The van der Waals surface area contributed by atoms with Crippen molar-refractivity contribution >= 4 is 29.1 Å². The van der Waals surface area contributed by atoms with Crippen LogP contribution >= 0.6 is 11.6 Å². The summed E-state index contributed by atoms with van der Waals surface area (Å²) >= 11 is 6.13. The van der Waals surface area contributed by atoms with Crippen molar-refractivity contribution in [3.05, 3.63) is 70.6 Å². The summed E-state index contributed by atoms with van der Waals surface area (Å²) < 4.78 is 1.80. The van der Waals surface area contributed by atoms with E-state index in [1.54, 1.807) is 4.40 Å². The standard InChI is InChI=1S/C30H37ClN4O2/c31-24-14-12-23(13-15-24)30(16-5-2-6-17-30)21-33-28(36)18-25-20-35-26(10-7-11-27(35)34-25)29(37)32-19-22-8-3-1-4-9-22/h7,10-15,20,22H,1-6,8-9,16-19,21H2,(H,32,37)(H,33,36). The van der Waals surface area contributed by atoms with Crippen LogP contribution in [0.2, 0.25) is 5.02 Å². The quantitative estimate of drug-likeness (QED) is 0.390. The molecule has 0 atom stereocenters. The van der Waals surface area contributed by atoms with Crippen LogP contribution in [0.25, 0.3) is 5.65 Å². The van der Waals surface area contributed by atoms with Gasteiger partial charge in [0.1, 0.15) is 11.3 Å². The third-order valence-corrected chi connectivity index (χ3v) is 8.54. The Balaban J connectivity index is 1.23. The minimum atomic E-state index is -0.0909. The number of imidazole rings is 1. The number of nitrogens with one attached hydrogen (secondary N) is 2. The average molecular weight is 521 g/mol. The van der Waals surface area contributed by atoms with E-state index < -0.39 is 0 Å². The van der Waals surface area contributed by atoms with Gasteiger partial charge in [-0.1, -0.05) is 68.3 Å². The highest BCUT2D eigenvalue weighted by Crippen LogP contribution is 2.39. The monoisotopic (exact) mass is 520 g/mol. The van der Waals surface area contributed by atoms with E-state index in [1.807, 2.05) is 36.5 Å². The Kier molecular flexibility index (Phi) is 8.14. The lowest BCUT2D eigenvalue weighted by Gasteiger charge is -2.38. The molecule has 2 aromatic heterocycles. The molecule has 0 aliphatic heterocycles. The van der Waals surface area contributed by atoms with Crippen LogP contribution in [0.3, 0.4) is 0 Å². The smallest absolute Gasteiger partial charge is 0.268 e. The predicted octanol–water partition coefficient (Wildman–Crippen LogP) is 5.86. The van der Waals surface area contributed by atoms with Crippen LogP contribution in [-0.2, 0) is 16.6 Å². The van der Waals surface area contributed by atoms with Crippen LogP contribution in [0.4, 0.5) is 0 Å². The summed E-state index contributed by atoms with van der Waals surface area (Å²) in [5, 5.41) is 7.04. The summed E-state index contributed by atoms with van der Waals surface area (Å²) in [6.45, 7) is 1.32. The van der Waals surface area contributed by atoms with Gasteiger partial charge < -0.3 is 10.6 Å². The molecule has 3 aromatic rings. The summed E-state index contributed by atoms with van der Waals surface area (Å²) in [5.41, 5.74) is 3.08. The maximum Gasteiger partial charge on any atom is 0.268 e. The van der Waals surface area contributed by atoms with Crippen molar-refractivity contribution in [1.82, 2.24) is 20.0 Å². The molecule has 5 rings (SSSR count). The van der Waals surface area contributed by atoms with Crippen molar-refractivity contribution in [3.63, 3.8) is 0 Å². The maximum atomic E-state index is 13.0. The first kappa shape index (κ1) is 25.8. The molecule has 2 aliphatic rings. The lowest BCUT2D eigenvalue weighted by Crippen LogP contribution is -2.42. The number of pyridine rings is 1. The second-order valence-corrected chi connectivity index (χ2v) is 11.3. The van der Waals surface area contributed by atoms with Gasteiger partial charge in [-0.2, -0.15) is 0 Å². The number of aromatic nitrogens is 2. The molecule has 196 valence electrons. The highest BCUT2D eigenvalue weighted by Gasteiger charge is 2.34. The van der Waals surface area contributed by atoms with Gasteiger partial charge in [0.2, 0.25) is 5.91 Å². The van der Waals surface area contributed by atoms with Crippen molar-refractivity contribution in [2.75, 3.05) is 13.1 Å². The maximum absolute atomic E-state index is 13.0. The van der Waals surface area contributed by atoms with E-state index >= 15 is 0 Å². The molecule has 0 spiro atoms. The molecule has 0 radical (unpaired) electrons. The first-order valence-corrected chi connectivity index (χ1v) is 14.2. The summed E-state index contributed by atoms with van der Waals surface area (Å²) in [7, 11) is 0. The molecule has 0 unspecified atom stereocenters. The van der Waals surface area contributed by atoms with Crippen molar-refractivity contribution in [1.29, 1.82) is 0 Å². The molecule has 2 heterocycles. The molecule has 0 saturated heterocycles. The number of hydrogen-bond acceptors (Lipinski definition) is 3. The fourth-order valence-corrected chi connectivity index (χ4v) is 6.27. The summed E-state index contributed by atoms with van der Waals surface area (Å²) in [6.07, 6.45) is 13.9. The second-order valence-electron chi connectivity index (χ2n) is 10.9. The molecule has 2 amide bonds. The fraction of sp³-hybridized carbons (Fsp3) is 0.500. The number of fused-ring (bicyclic) bond motifs is 1. The van der Waals surface area contributed by atoms with Crippen LogP contribution in [0.15, 0.2) is 48.7 Å². The molecular weight excluding hydrogens is 484 g/mol. The van der Waals surface area contributed by atoms with Crippen LogP contribution in [-0.4, -0.2) is 34.3 Å². The number of benzene rings is 1. The van der Waals surface area contributed by atoms with Crippen LogP contribution in [0.5, 0.6) is 0 Å². The molecule has 2 saturated carbocycles. The van der Waals surface area contributed by atoms with Gasteiger partial charge in [0.15, 0.2) is 0 Å². The fourth-order valence-electron chi connectivity index (χ4n) is 6.14. The van der Waals surface area contributed by atoms with Gasteiger partial charge in [-0.15, -0.1) is 0 Å². The Labute approximate surface area is 224 Å². The highest BCUT2D eigenvalue weighted by molar-refractivity contribution is 6.30. The van der Waals surface area contributed by atoms with E-state index in [2.05, 4.69) is 27.8 Å². The molecule has 7 heteroatoms. The van der Waals surface area contributed by atoms with Crippen molar-refractivity contribution in [2.45, 2.75) is 76.0 Å². The molecule has 0 bridgehead atoms. The topological polar surface area (TPSA) is 75.5 Å². The first-order valence-electron chi connectivity index (χ1n) is 13.8. The average Bonchev–Trinajstić information content (AvgIpc) is 3.34. The van der Waals surface area contributed by atoms with Gasteiger partial charge in [-0.25, -0.2) is 4.98 Å². The molecule has 1 aromatic carbocycles. The number of carbonyl (C=O) groups excluding carboxylic acids is 2. The summed E-state index contributed by atoms with van der Waals surface area (Å²) in [4.78, 5) is 30.6. The van der Waals surface area contributed by atoms with E-state index in [-0.39, 0.29) is 23.7 Å². The minimum Gasteiger partial charge on any atom is -0.355 e. The van der Waals surface area contributed by atoms with Crippen molar-refractivity contribution in [2.24, 2.45) is 5.92 Å². The predicted molar refractivity (Wildman–Crippen MR) is 147 cm³/mol. The van der Waals surface area contributed by atoms with E-state index in [0.717, 1.165) is 30.7 Å². The first-order chi connectivity index (χ1) is 18.0. The van der Waals surface area contributed by atoms with Crippen molar-refractivity contribution < 1.29 is 9.59 Å². The molecule has 2 fully saturated rings. The number of carbonyl (C=O) groups is 2. The number of halogens is 1. The Morgan fingerprint density at radius 1 is 0.946 bits per heavy atom. The van der Waals surface area contributed by atoms with E-state index in [1.165, 1.54) is 44.1 Å². The Bertz CT molecular complexity index is 1220. The SMILES string of the molecule is O=C(Cc1cn2c(C(=O)NCC3CCCCC3)cccc2n1)NCC1(c2ccc(Cl)cc2)CCCCC1. The summed E-state index contributed by atoms with van der Waals surface area (Å²) in [5.74, 6) is 0.427. The highest BCUT2D eigenvalue weighted by atomic mass is 35.5. The van der Waals surface area contributed by atoms with E-state index in [0.29, 0.717) is 36.0 Å². The van der Waals surface area contributed by atoms with E-state index in [4.69, 9.17) is 11.6 Å². The normalized spacial score (nSPS) is 18.0. The molecule has 2 aliphatic carbocycles. The number of rotatable bonds is 8. The number of nitrogens with zero attached hydrogens (tertiary/aromatic N) is 2. The molecule has 37 heavy (non-hydrogen) atoms. The van der Waals surface area contributed by atoms with Gasteiger partial charge in [-0.3, -0.25) is 14.0 Å². The summed E-state index contributed by atoms with van der Waals surface area (Å²) in [6, 6.07) is 13.6. The zero-order chi connectivity index (χ0) is 25.7. The number of hydrogen-bond donors (Lipinski definition) is 2. The minimum absolute atomic E-state index is 0.0504. The van der Waals surface area contributed by atoms with Gasteiger partial charge in [0.25, 0.3) is 5.91 Å². The Morgan fingerprint density at radius 3 is 2.43 bits per heavy atom. The van der Waals surface area contributed by atoms with Gasteiger partial charge in [0.05, 0.1) is 12.1 Å². The Morgan fingerprint density at radius 2 is 1.68 bits per heavy atom. The van der Waals surface area contributed by atoms with Crippen molar-refractivity contribution in [3.8, 4) is 0 Å². The third kappa shape index (κ3) is 6.18. The Hall–Kier alpha value is -2.86. The van der Waals surface area contributed by atoms with Crippen LogP contribution in [0, 0.1) is 5.92 Å². The number of amides is 2. The lowest BCUT2D eigenvalue weighted by atomic mass is 9.69. The zero-order valence-corrected chi connectivity index (χ0v) is 22.2. The van der Waals surface area contributed by atoms with Gasteiger partial charge in [-0.05, 0) is 61.4 Å². The second kappa shape index (κ2) is 11.7. The largest absolute Gasteiger partial charge is 0.355 e. The lowest BCUT2D eigenvalue weighted by molar-refractivity contribution is -0.120. The molecule has 6 nitrogen and oxygen atoms in total. The molecular formula is C30H37ClN4O2. The van der Waals surface area contributed by atoms with Gasteiger partial charge in [0, 0.05) is 29.7 Å².